The van der Waals surface area contributed by atoms with Gasteiger partial charge in [-0.1, -0.05) is 44.0 Å². The topological polar surface area (TPSA) is 111 Å². The zero-order valence-electron chi connectivity index (χ0n) is 18.3. The quantitative estimate of drug-likeness (QED) is 0.355. The number of ether oxygens (including phenoxy) is 1. The van der Waals surface area contributed by atoms with Gasteiger partial charge in [-0.15, -0.1) is 0 Å². The summed E-state index contributed by atoms with van der Waals surface area (Å²) in [6.45, 7) is 5.04. The van der Waals surface area contributed by atoms with E-state index in [1.165, 1.54) is 4.57 Å². The number of aryl methyl sites for hydroxylation is 2. The van der Waals surface area contributed by atoms with Crippen LogP contribution in [0.1, 0.15) is 43.7 Å². The van der Waals surface area contributed by atoms with Crippen LogP contribution in [0.15, 0.2) is 33.9 Å². The van der Waals surface area contributed by atoms with E-state index in [-0.39, 0.29) is 29.6 Å². The lowest BCUT2D eigenvalue weighted by molar-refractivity contribution is 0.142. The number of carbonyl (C=O) groups is 1. The molecule has 0 atom stereocenters. The van der Waals surface area contributed by atoms with E-state index in [2.05, 4.69) is 22.2 Å². The Balaban J connectivity index is 1.62. The number of nitrogens with one attached hydrogen (secondary N) is 2. The number of hydrogen-bond acceptors (Lipinski definition) is 5. The van der Waals surface area contributed by atoms with Crippen LogP contribution < -0.4 is 16.6 Å². The number of aromatic amines is 1. The maximum absolute atomic E-state index is 12.9. The van der Waals surface area contributed by atoms with E-state index < -0.39 is 17.3 Å². The number of rotatable bonds is 10. The highest BCUT2D eigenvalue weighted by Gasteiger charge is 2.16. The molecule has 1 aromatic carbocycles. The zero-order valence-corrected chi connectivity index (χ0v) is 19.1. The minimum absolute atomic E-state index is 0.0622. The molecule has 0 aliphatic carbocycles. The molecule has 2 heterocycles. The Morgan fingerprint density at radius 1 is 1.16 bits per heavy atom. The number of fused-ring (bicyclic) bond motifs is 1. The van der Waals surface area contributed by atoms with Gasteiger partial charge in [0.05, 0.1) is 6.61 Å². The molecule has 9 nitrogen and oxygen atoms in total. The van der Waals surface area contributed by atoms with Gasteiger partial charge in [-0.25, -0.2) is 9.59 Å². The van der Waals surface area contributed by atoms with Crippen molar-refractivity contribution in [3.05, 3.63) is 61.5 Å². The SMILES string of the molecule is CCCCCn1c(=O)n(CCCOC(=O)NCc2ccccc2C)c(=O)c2[nH]c(Cl)nc21. The molecule has 32 heavy (non-hydrogen) atoms. The summed E-state index contributed by atoms with van der Waals surface area (Å²) in [6, 6.07) is 7.75. The molecule has 0 aliphatic rings. The highest BCUT2D eigenvalue weighted by Crippen LogP contribution is 2.11. The highest BCUT2D eigenvalue weighted by atomic mass is 35.5. The molecule has 0 aliphatic heterocycles. The van der Waals surface area contributed by atoms with Crippen LogP contribution in [-0.2, 0) is 24.4 Å². The number of H-pyrrole nitrogens is 1. The number of carbonyl (C=O) groups excluding carboxylic acids is 1. The largest absolute Gasteiger partial charge is 0.449 e. The summed E-state index contributed by atoms with van der Waals surface area (Å²) in [5, 5.41) is 2.76. The second kappa shape index (κ2) is 11.0. The van der Waals surface area contributed by atoms with E-state index >= 15 is 0 Å². The third-order valence-corrected chi connectivity index (χ3v) is 5.44. The third-order valence-electron chi connectivity index (χ3n) is 5.26. The van der Waals surface area contributed by atoms with Crippen LogP contribution in [0.2, 0.25) is 5.28 Å². The first-order valence-corrected chi connectivity index (χ1v) is 11.1. The number of unbranched alkanes of at least 4 members (excludes halogenated alkanes) is 2. The van der Waals surface area contributed by atoms with Crippen molar-refractivity contribution in [1.82, 2.24) is 24.4 Å². The van der Waals surface area contributed by atoms with Crippen molar-refractivity contribution in [2.24, 2.45) is 0 Å². The summed E-state index contributed by atoms with van der Waals surface area (Å²) in [5.74, 6) is 0. The molecule has 3 aromatic rings. The van der Waals surface area contributed by atoms with E-state index in [1.807, 2.05) is 31.2 Å². The van der Waals surface area contributed by atoms with Gasteiger partial charge in [-0.2, -0.15) is 4.98 Å². The number of halogens is 1. The second-order valence-corrected chi connectivity index (χ2v) is 7.95. The highest BCUT2D eigenvalue weighted by molar-refractivity contribution is 6.28. The standard InChI is InChI=1S/C22H28ClN5O4/c1-3-4-7-11-27-18-17(25-20(23)26-18)19(29)28(22(27)31)12-8-13-32-21(30)24-14-16-10-6-5-9-15(16)2/h5-6,9-10H,3-4,7-8,11-14H2,1-2H3,(H,24,30)(H,25,26). The van der Waals surface area contributed by atoms with Gasteiger partial charge < -0.3 is 15.0 Å². The number of nitrogens with zero attached hydrogens (tertiary/aromatic N) is 3. The Kier molecular flexibility index (Phi) is 8.10. The summed E-state index contributed by atoms with van der Waals surface area (Å²) in [4.78, 5) is 44.5. The van der Waals surface area contributed by atoms with Crippen molar-refractivity contribution >= 4 is 28.9 Å². The minimum atomic E-state index is -0.548. The lowest BCUT2D eigenvalue weighted by Gasteiger charge is -2.12. The maximum atomic E-state index is 12.9. The Bertz CT molecular complexity index is 1200. The van der Waals surface area contributed by atoms with Crippen molar-refractivity contribution in [2.45, 2.75) is 59.2 Å². The lowest BCUT2D eigenvalue weighted by atomic mass is 10.1. The fourth-order valence-corrected chi connectivity index (χ4v) is 3.65. The molecule has 0 unspecified atom stereocenters. The fourth-order valence-electron chi connectivity index (χ4n) is 3.47. The molecule has 0 saturated heterocycles. The molecule has 172 valence electrons. The summed E-state index contributed by atoms with van der Waals surface area (Å²) in [6.07, 6.45) is 2.51. The molecule has 0 bridgehead atoms. The predicted molar refractivity (Wildman–Crippen MR) is 123 cm³/mol. The summed E-state index contributed by atoms with van der Waals surface area (Å²) in [7, 11) is 0. The molecule has 2 aromatic heterocycles. The van der Waals surface area contributed by atoms with Crippen molar-refractivity contribution in [1.29, 1.82) is 0 Å². The van der Waals surface area contributed by atoms with Gasteiger partial charge in [0.2, 0.25) is 5.28 Å². The zero-order chi connectivity index (χ0) is 23.1. The minimum Gasteiger partial charge on any atom is -0.449 e. The van der Waals surface area contributed by atoms with Gasteiger partial charge in [0, 0.05) is 19.6 Å². The first-order valence-electron chi connectivity index (χ1n) is 10.8. The Labute approximate surface area is 190 Å². The Hall–Kier alpha value is -3.07. The smallest absolute Gasteiger partial charge is 0.407 e. The van der Waals surface area contributed by atoms with Crippen LogP contribution in [-0.4, -0.2) is 31.8 Å². The normalized spacial score (nSPS) is 11.1. The molecule has 1 amide bonds. The van der Waals surface area contributed by atoms with Gasteiger partial charge in [-0.05, 0) is 42.5 Å². The number of amides is 1. The van der Waals surface area contributed by atoms with E-state index in [0.29, 0.717) is 19.5 Å². The maximum Gasteiger partial charge on any atom is 0.407 e. The van der Waals surface area contributed by atoms with Crippen LogP contribution in [0.3, 0.4) is 0 Å². The molecule has 0 spiro atoms. The molecule has 10 heteroatoms. The molecule has 2 N–H and O–H groups in total. The van der Waals surface area contributed by atoms with E-state index in [0.717, 1.165) is 35.0 Å². The van der Waals surface area contributed by atoms with Gasteiger partial charge in [-0.3, -0.25) is 13.9 Å². The summed E-state index contributed by atoms with van der Waals surface area (Å²) in [5.41, 5.74) is 1.63. The van der Waals surface area contributed by atoms with Crippen molar-refractivity contribution < 1.29 is 9.53 Å². The molecule has 0 radical (unpaired) electrons. The molecular weight excluding hydrogens is 434 g/mol. The number of imidazole rings is 1. The molecule has 0 saturated carbocycles. The first-order chi connectivity index (χ1) is 15.4. The van der Waals surface area contributed by atoms with Crippen LogP contribution in [0.25, 0.3) is 11.2 Å². The van der Waals surface area contributed by atoms with Crippen LogP contribution in [0, 0.1) is 6.92 Å². The number of aromatic nitrogens is 4. The molecular formula is C22H28ClN5O4. The summed E-state index contributed by atoms with van der Waals surface area (Å²) < 4.78 is 7.80. The third kappa shape index (κ3) is 5.59. The van der Waals surface area contributed by atoms with Crippen molar-refractivity contribution in [3.8, 4) is 0 Å². The lowest BCUT2D eigenvalue weighted by Crippen LogP contribution is -2.40. The van der Waals surface area contributed by atoms with Crippen molar-refractivity contribution in [2.75, 3.05) is 6.61 Å². The van der Waals surface area contributed by atoms with Gasteiger partial charge >= 0.3 is 11.8 Å². The molecule has 0 fully saturated rings. The van der Waals surface area contributed by atoms with E-state index in [4.69, 9.17) is 16.3 Å². The average Bonchev–Trinajstić information content (AvgIpc) is 3.16. The van der Waals surface area contributed by atoms with Crippen molar-refractivity contribution in [3.63, 3.8) is 0 Å². The first kappa shape index (κ1) is 23.6. The average molecular weight is 462 g/mol. The Morgan fingerprint density at radius 2 is 1.91 bits per heavy atom. The monoisotopic (exact) mass is 461 g/mol. The van der Waals surface area contributed by atoms with Gasteiger partial charge in [0.1, 0.15) is 0 Å². The number of hydrogen-bond donors (Lipinski definition) is 2. The number of benzene rings is 1. The molecule has 3 rings (SSSR count). The summed E-state index contributed by atoms with van der Waals surface area (Å²) >= 11 is 5.94. The predicted octanol–water partition coefficient (Wildman–Crippen LogP) is 3.35. The number of alkyl carbamates (subject to hydrolysis) is 1. The second-order valence-electron chi connectivity index (χ2n) is 7.59. The van der Waals surface area contributed by atoms with Crippen LogP contribution in [0.4, 0.5) is 4.79 Å². The van der Waals surface area contributed by atoms with E-state index in [9.17, 15) is 14.4 Å². The Morgan fingerprint density at radius 3 is 2.66 bits per heavy atom. The van der Waals surface area contributed by atoms with Gasteiger partial charge in [0.15, 0.2) is 11.2 Å². The van der Waals surface area contributed by atoms with Crippen LogP contribution in [0.5, 0.6) is 0 Å². The fraction of sp³-hybridized carbons (Fsp3) is 0.455. The van der Waals surface area contributed by atoms with Crippen LogP contribution >= 0.6 is 11.6 Å². The van der Waals surface area contributed by atoms with Gasteiger partial charge in [0.25, 0.3) is 5.56 Å². The van der Waals surface area contributed by atoms with E-state index in [1.54, 1.807) is 0 Å².